The van der Waals surface area contributed by atoms with Crippen LogP contribution >= 0.6 is 0 Å². The molecule has 0 aliphatic rings. The van der Waals surface area contributed by atoms with Crippen molar-refractivity contribution < 1.29 is 9.59 Å². The Morgan fingerprint density at radius 1 is 0.941 bits per heavy atom. The van der Waals surface area contributed by atoms with Crippen molar-refractivity contribution in [3.8, 4) is 0 Å². The number of nitrogens with two attached hydrogens (primary N) is 1. The quantitative estimate of drug-likeness (QED) is 0.323. The van der Waals surface area contributed by atoms with Gasteiger partial charge >= 0.3 is 0 Å². The number of carbonyl (C=O) groups is 2. The van der Waals surface area contributed by atoms with Gasteiger partial charge in [-0.05, 0) is 34.0 Å². The van der Waals surface area contributed by atoms with Crippen LogP contribution < -0.4 is 11.1 Å². The average molecular weight is 447 g/mol. The van der Waals surface area contributed by atoms with E-state index in [1.54, 1.807) is 24.5 Å². The van der Waals surface area contributed by atoms with Gasteiger partial charge in [-0.25, -0.2) is 4.98 Å². The molecule has 0 radical (unpaired) electrons. The van der Waals surface area contributed by atoms with Crippen molar-refractivity contribution in [2.45, 2.75) is 6.42 Å². The van der Waals surface area contributed by atoms with Crippen molar-refractivity contribution in [3.05, 3.63) is 108 Å². The fraction of sp³-hybridized carbons (Fsp3) is 0.0357. The van der Waals surface area contributed by atoms with E-state index < -0.39 is 5.91 Å². The van der Waals surface area contributed by atoms with Crippen LogP contribution in [0.2, 0.25) is 0 Å². The number of nitrogens with one attached hydrogen (secondary N) is 2. The van der Waals surface area contributed by atoms with Crippen LogP contribution in [0.1, 0.15) is 16.7 Å². The Kier molecular flexibility index (Phi) is 5.62. The highest BCUT2D eigenvalue weighted by Crippen LogP contribution is 2.29. The van der Waals surface area contributed by atoms with Gasteiger partial charge in [-0.2, -0.15) is 0 Å². The number of amides is 2. The second-order valence-corrected chi connectivity index (χ2v) is 8.02. The zero-order valence-corrected chi connectivity index (χ0v) is 18.3. The number of benzene rings is 3. The van der Waals surface area contributed by atoms with Gasteiger partial charge in [-0.1, -0.05) is 72.8 Å². The minimum absolute atomic E-state index is 0.142. The Hall–Kier alpha value is -4.71. The molecule has 5 rings (SSSR count). The van der Waals surface area contributed by atoms with Gasteiger partial charge in [0.25, 0.3) is 0 Å². The Bertz CT molecular complexity index is 1550. The lowest BCUT2D eigenvalue weighted by Gasteiger charge is -2.09. The molecule has 3 aromatic carbocycles. The van der Waals surface area contributed by atoms with Crippen LogP contribution in [-0.4, -0.2) is 21.8 Å². The Morgan fingerprint density at radius 2 is 1.71 bits per heavy atom. The highest BCUT2D eigenvalue weighted by molar-refractivity contribution is 6.24. The number of H-pyrrole nitrogens is 1. The molecule has 0 unspecified atom stereocenters. The number of aromatic amines is 1. The number of primary amides is 1. The number of pyridine rings is 1. The molecule has 2 heterocycles. The number of carbonyl (C=O) groups excluding carboxylic acids is 2. The first-order chi connectivity index (χ1) is 16.6. The third-order valence-corrected chi connectivity index (χ3v) is 5.71. The van der Waals surface area contributed by atoms with Crippen molar-refractivity contribution in [2.24, 2.45) is 5.73 Å². The van der Waals surface area contributed by atoms with Gasteiger partial charge in [0.2, 0.25) is 11.8 Å². The van der Waals surface area contributed by atoms with Crippen LogP contribution in [-0.2, 0) is 16.0 Å². The Morgan fingerprint density at radius 3 is 2.50 bits per heavy atom. The monoisotopic (exact) mass is 446 g/mol. The van der Waals surface area contributed by atoms with Crippen molar-refractivity contribution in [3.63, 3.8) is 0 Å². The zero-order valence-electron chi connectivity index (χ0n) is 18.3. The topological polar surface area (TPSA) is 101 Å². The van der Waals surface area contributed by atoms with Crippen LogP contribution in [0.25, 0.3) is 33.5 Å². The second-order valence-electron chi connectivity index (χ2n) is 8.02. The van der Waals surface area contributed by atoms with E-state index in [2.05, 4.69) is 15.3 Å². The van der Waals surface area contributed by atoms with Crippen LogP contribution in [0.3, 0.4) is 0 Å². The molecule has 34 heavy (non-hydrogen) atoms. The van der Waals surface area contributed by atoms with Gasteiger partial charge in [0.1, 0.15) is 5.65 Å². The van der Waals surface area contributed by atoms with E-state index in [1.165, 1.54) is 0 Å². The van der Waals surface area contributed by atoms with Crippen molar-refractivity contribution in [2.75, 3.05) is 5.32 Å². The molecule has 0 atom stereocenters. The van der Waals surface area contributed by atoms with Crippen molar-refractivity contribution in [1.29, 1.82) is 0 Å². The van der Waals surface area contributed by atoms with Crippen LogP contribution in [0, 0.1) is 0 Å². The van der Waals surface area contributed by atoms with Crippen molar-refractivity contribution >= 4 is 51.0 Å². The lowest BCUT2D eigenvalue weighted by atomic mass is 10.0. The molecule has 0 saturated carbocycles. The summed E-state index contributed by atoms with van der Waals surface area (Å²) in [6, 6.07) is 25.0. The van der Waals surface area contributed by atoms with E-state index in [-0.39, 0.29) is 12.3 Å². The van der Waals surface area contributed by atoms with Crippen LogP contribution in [0.4, 0.5) is 5.69 Å². The predicted octanol–water partition coefficient (Wildman–Crippen LogP) is 4.92. The molecular formula is C28H22N4O2. The van der Waals surface area contributed by atoms with Gasteiger partial charge in [0, 0.05) is 28.9 Å². The number of hydrogen-bond donors (Lipinski definition) is 3. The number of fused-ring (bicyclic) bond motifs is 2. The molecule has 6 nitrogen and oxygen atoms in total. The summed E-state index contributed by atoms with van der Waals surface area (Å²) in [7, 11) is 0. The Balaban J connectivity index is 1.46. The van der Waals surface area contributed by atoms with E-state index in [0.29, 0.717) is 27.9 Å². The molecular weight excluding hydrogens is 424 g/mol. The van der Waals surface area contributed by atoms with Crippen LogP contribution in [0.5, 0.6) is 0 Å². The molecule has 2 amide bonds. The number of rotatable bonds is 6. The minimum Gasteiger partial charge on any atom is -0.366 e. The predicted molar refractivity (Wildman–Crippen MR) is 136 cm³/mol. The summed E-state index contributed by atoms with van der Waals surface area (Å²) >= 11 is 0. The van der Waals surface area contributed by atoms with Gasteiger partial charge in [-0.15, -0.1) is 0 Å². The smallest absolute Gasteiger partial charge is 0.249 e. The van der Waals surface area contributed by atoms with E-state index in [9.17, 15) is 9.59 Å². The summed E-state index contributed by atoms with van der Waals surface area (Å²) in [5.41, 5.74) is 9.61. The Labute approximate surface area is 196 Å². The van der Waals surface area contributed by atoms with E-state index in [1.807, 2.05) is 72.8 Å². The highest BCUT2D eigenvalue weighted by atomic mass is 16.2. The molecule has 0 aliphatic heterocycles. The third kappa shape index (κ3) is 4.29. The molecule has 0 bridgehead atoms. The van der Waals surface area contributed by atoms with E-state index in [4.69, 9.17) is 5.73 Å². The fourth-order valence-electron chi connectivity index (χ4n) is 4.10. The molecule has 2 aromatic heterocycles. The fourth-order valence-corrected chi connectivity index (χ4v) is 4.10. The third-order valence-electron chi connectivity index (χ3n) is 5.71. The maximum atomic E-state index is 12.9. The first-order valence-corrected chi connectivity index (χ1v) is 10.9. The summed E-state index contributed by atoms with van der Waals surface area (Å²) in [6.07, 6.45) is 5.34. The summed E-state index contributed by atoms with van der Waals surface area (Å²) < 4.78 is 0. The number of hydrogen-bond acceptors (Lipinski definition) is 3. The minimum atomic E-state index is -0.536. The first-order valence-electron chi connectivity index (χ1n) is 10.9. The van der Waals surface area contributed by atoms with Gasteiger partial charge in [-0.3, -0.25) is 9.59 Å². The summed E-state index contributed by atoms with van der Waals surface area (Å²) in [4.78, 5) is 32.6. The normalized spacial score (nSPS) is 11.6. The molecule has 0 saturated heterocycles. The molecule has 5 aromatic rings. The molecule has 0 fully saturated rings. The zero-order chi connectivity index (χ0) is 23.5. The number of aromatic nitrogens is 2. The van der Waals surface area contributed by atoms with Crippen molar-refractivity contribution in [1.82, 2.24) is 9.97 Å². The highest BCUT2D eigenvalue weighted by Gasteiger charge is 2.14. The molecule has 166 valence electrons. The molecule has 0 spiro atoms. The second kappa shape index (κ2) is 9.03. The summed E-state index contributed by atoms with van der Waals surface area (Å²) in [6.45, 7) is 0. The number of nitrogens with zero attached hydrogens (tertiary/aromatic N) is 1. The molecule has 0 aliphatic carbocycles. The van der Waals surface area contributed by atoms with Gasteiger partial charge in [0.05, 0.1) is 12.1 Å². The first kappa shape index (κ1) is 21.2. The summed E-state index contributed by atoms with van der Waals surface area (Å²) in [5.74, 6) is -0.677. The van der Waals surface area contributed by atoms with Gasteiger partial charge in [0.15, 0.2) is 0 Å². The maximum Gasteiger partial charge on any atom is 0.249 e. The number of anilines is 1. The van der Waals surface area contributed by atoms with E-state index >= 15 is 0 Å². The summed E-state index contributed by atoms with van der Waals surface area (Å²) in [5, 5.41) is 5.95. The lowest BCUT2D eigenvalue weighted by Crippen LogP contribution is -2.15. The lowest BCUT2D eigenvalue weighted by molar-refractivity contribution is -0.115. The van der Waals surface area contributed by atoms with E-state index in [0.717, 1.165) is 21.9 Å². The van der Waals surface area contributed by atoms with Crippen LogP contribution in [0.15, 0.2) is 91.3 Å². The SMILES string of the molecule is NC(=O)/C(=C/c1c[nH]c2nccc(NC(=O)Cc3ccc4ccccc4c3)c12)c1ccccc1. The maximum absolute atomic E-state index is 12.9. The largest absolute Gasteiger partial charge is 0.366 e. The average Bonchev–Trinajstić information content (AvgIpc) is 3.26. The standard InChI is InChI=1S/C28H22N4O2/c29-27(34)23(20-7-2-1-3-8-20)16-22-17-31-28-26(22)24(12-13-30-28)32-25(33)15-18-10-11-19-6-4-5-9-21(19)14-18/h1-14,16-17H,15H2,(H2,29,34)(H2,30,31,32,33)/b23-16+. The van der Waals surface area contributed by atoms with Gasteiger partial charge < -0.3 is 16.0 Å². The molecule has 6 heteroatoms. The molecule has 4 N–H and O–H groups in total.